The van der Waals surface area contributed by atoms with E-state index in [1.54, 1.807) is 25.2 Å². The Kier molecular flexibility index (Phi) is 5.92. The first-order valence-corrected chi connectivity index (χ1v) is 7.68. The van der Waals surface area contributed by atoms with E-state index in [0.717, 1.165) is 12.1 Å². The molecule has 0 unspecified atom stereocenters. The number of ether oxygens (including phenoxy) is 1. The molecule has 7 heteroatoms. The Morgan fingerprint density at radius 3 is 2.54 bits per heavy atom. The fraction of sp³-hybridized carbons (Fsp3) is 0.211. The van der Waals surface area contributed by atoms with Crippen LogP contribution in [0, 0.1) is 0 Å². The summed E-state index contributed by atoms with van der Waals surface area (Å²) in [5.74, 6) is -0.395. The monoisotopic (exact) mass is 365 g/mol. The number of benzene rings is 2. The van der Waals surface area contributed by atoms with Crippen molar-refractivity contribution < 1.29 is 27.8 Å². The summed E-state index contributed by atoms with van der Waals surface area (Å²) >= 11 is 0. The lowest BCUT2D eigenvalue weighted by molar-refractivity contribution is -0.137. The van der Waals surface area contributed by atoms with Gasteiger partial charge in [0.1, 0.15) is 18.1 Å². The normalized spacial score (nSPS) is 11.6. The Hall–Kier alpha value is -2.96. The summed E-state index contributed by atoms with van der Waals surface area (Å²) in [5, 5.41) is 9.98. The van der Waals surface area contributed by atoms with Crippen molar-refractivity contribution in [1.29, 1.82) is 0 Å². The zero-order valence-electron chi connectivity index (χ0n) is 14.2. The molecule has 0 aliphatic rings. The number of hydrogen-bond donors (Lipinski definition) is 1. The van der Waals surface area contributed by atoms with Crippen molar-refractivity contribution in [1.82, 2.24) is 4.90 Å². The van der Waals surface area contributed by atoms with Gasteiger partial charge in [-0.25, -0.2) is 0 Å². The van der Waals surface area contributed by atoms with Crippen LogP contribution in [0.1, 0.15) is 21.5 Å². The van der Waals surface area contributed by atoms with Crippen LogP contribution in [0.15, 0.2) is 54.7 Å². The molecule has 1 N–H and O–H groups in total. The summed E-state index contributed by atoms with van der Waals surface area (Å²) in [4.78, 5) is 13.7. The zero-order chi connectivity index (χ0) is 19.3. The van der Waals surface area contributed by atoms with Gasteiger partial charge in [0.2, 0.25) is 0 Å². The van der Waals surface area contributed by atoms with Crippen LogP contribution in [-0.2, 0) is 12.8 Å². The van der Waals surface area contributed by atoms with Crippen molar-refractivity contribution in [2.75, 3.05) is 14.1 Å². The van der Waals surface area contributed by atoms with E-state index in [-0.39, 0.29) is 29.5 Å². The van der Waals surface area contributed by atoms with E-state index in [0.29, 0.717) is 5.56 Å². The smallest absolute Gasteiger partial charge is 0.416 e. The molecule has 0 saturated heterocycles. The van der Waals surface area contributed by atoms with Crippen LogP contribution in [0.4, 0.5) is 13.2 Å². The first-order chi connectivity index (χ1) is 12.2. The maximum absolute atomic E-state index is 12.7. The van der Waals surface area contributed by atoms with Gasteiger partial charge in [0.15, 0.2) is 5.78 Å². The number of aromatic hydroxyl groups is 1. The van der Waals surface area contributed by atoms with Crippen LogP contribution < -0.4 is 4.74 Å². The predicted molar refractivity (Wildman–Crippen MR) is 91.0 cm³/mol. The molecule has 0 atom stereocenters. The number of carbonyl (C=O) groups is 1. The lowest BCUT2D eigenvalue weighted by Gasteiger charge is -2.11. The fourth-order valence-corrected chi connectivity index (χ4v) is 2.12. The molecule has 0 amide bonds. The third kappa shape index (κ3) is 5.27. The van der Waals surface area contributed by atoms with Gasteiger partial charge in [0.25, 0.3) is 0 Å². The first kappa shape index (κ1) is 19.4. The van der Waals surface area contributed by atoms with E-state index in [2.05, 4.69) is 0 Å². The standard InChI is InChI=1S/C19H18F3NO3/c1-23(2)9-8-17(24)16-7-6-15(11-18(16)25)26-12-13-4-3-5-14(10-13)19(20,21)22/h3-11,25H,12H2,1-2H3. The van der Waals surface area contributed by atoms with Gasteiger partial charge in [-0.15, -0.1) is 0 Å². The van der Waals surface area contributed by atoms with E-state index >= 15 is 0 Å². The highest BCUT2D eigenvalue weighted by Gasteiger charge is 2.30. The minimum Gasteiger partial charge on any atom is -0.507 e. The average Bonchev–Trinajstić information content (AvgIpc) is 2.57. The van der Waals surface area contributed by atoms with E-state index in [4.69, 9.17) is 4.74 Å². The largest absolute Gasteiger partial charge is 0.507 e. The van der Waals surface area contributed by atoms with Crippen molar-refractivity contribution in [3.63, 3.8) is 0 Å². The number of halogens is 3. The van der Waals surface area contributed by atoms with Gasteiger partial charge < -0.3 is 14.7 Å². The number of rotatable bonds is 6. The van der Waals surface area contributed by atoms with Crippen molar-refractivity contribution in [2.45, 2.75) is 12.8 Å². The predicted octanol–water partition coefficient (Wildman–Crippen LogP) is 4.25. The van der Waals surface area contributed by atoms with Crippen LogP contribution in [0.2, 0.25) is 0 Å². The van der Waals surface area contributed by atoms with E-state index in [1.165, 1.54) is 36.4 Å². The molecule has 0 bridgehead atoms. The van der Waals surface area contributed by atoms with Crippen LogP contribution in [0.3, 0.4) is 0 Å². The van der Waals surface area contributed by atoms with E-state index in [1.807, 2.05) is 0 Å². The topological polar surface area (TPSA) is 49.8 Å². The van der Waals surface area contributed by atoms with Gasteiger partial charge in [-0.3, -0.25) is 4.79 Å². The van der Waals surface area contributed by atoms with Crippen LogP contribution in [0.5, 0.6) is 11.5 Å². The summed E-state index contributed by atoms with van der Waals surface area (Å²) in [6.07, 6.45) is -1.55. The van der Waals surface area contributed by atoms with E-state index < -0.39 is 11.7 Å². The maximum Gasteiger partial charge on any atom is 0.416 e. The number of ketones is 1. The molecule has 0 spiro atoms. The minimum absolute atomic E-state index is 0.100. The average molecular weight is 365 g/mol. The molecule has 2 rings (SSSR count). The number of phenolic OH excluding ortho intramolecular Hbond substituents is 1. The van der Waals surface area contributed by atoms with Gasteiger partial charge in [-0.05, 0) is 29.8 Å². The van der Waals surface area contributed by atoms with Crippen molar-refractivity contribution in [3.8, 4) is 11.5 Å². The Morgan fingerprint density at radius 2 is 1.92 bits per heavy atom. The van der Waals surface area contributed by atoms with Gasteiger partial charge in [-0.1, -0.05) is 12.1 Å². The molecular weight excluding hydrogens is 347 g/mol. The third-order valence-electron chi connectivity index (χ3n) is 3.42. The van der Waals surface area contributed by atoms with Crippen molar-refractivity contribution in [3.05, 3.63) is 71.4 Å². The summed E-state index contributed by atoms with van der Waals surface area (Å²) in [6, 6.07) is 8.94. The number of hydrogen-bond acceptors (Lipinski definition) is 4. The third-order valence-corrected chi connectivity index (χ3v) is 3.42. The molecule has 0 aromatic heterocycles. The van der Waals surface area contributed by atoms with Crippen LogP contribution in [0.25, 0.3) is 0 Å². The molecule has 26 heavy (non-hydrogen) atoms. The Morgan fingerprint density at radius 1 is 1.19 bits per heavy atom. The number of phenols is 1. The quantitative estimate of drug-likeness (QED) is 0.614. The summed E-state index contributed by atoms with van der Waals surface area (Å²) in [6.45, 7) is -0.100. The first-order valence-electron chi connectivity index (χ1n) is 7.68. The number of alkyl halides is 3. The van der Waals surface area contributed by atoms with Crippen LogP contribution in [-0.4, -0.2) is 29.9 Å². The molecule has 0 aliphatic carbocycles. The molecule has 2 aromatic rings. The number of nitrogens with zero attached hydrogens (tertiary/aromatic N) is 1. The lowest BCUT2D eigenvalue weighted by atomic mass is 10.1. The van der Waals surface area contributed by atoms with Gasteiger partial charge in [-0.2, -0.15) is 13.2 Å². The maximum atomic E-state index is 12.7. The molecule has 0 heterocycles. The molecule has 0 radical (unpaired) electrons. The molecule has 0 saturated carbocycles. The van der Waals surface area contributed by atoms with Crippen LogP contribution >= 0.6 is 0 Å². The second kappa shape index (κ2) is 7.95. The Labute approximate surface area is 149 Å². The zero-order valence-corrected chi connectivity index (χ0v) is 14.2. The van der Waals surface area contributed by atoms with Gasteiger partial charge >= 0.3 is 6.18 Å². The molecular formula is C19H18F3NO3. The number of allylic oxidation sites excluding steroid dienone is 1. The number of carbonyl (C=O) groups excluding carboxylic acids is 1. The second-order valence-electron chi connectivity index (χ2n) is 5.81. The molecule has 0 fully saturated rings. The lowest BCUT2D eigenvalue weighted by Crippen LogP contribution is -2.06. The molecule has 0 aliphatic heterocycles. The highest BCUT2D eigenvalue weighted by molar-refractivity contribution is 6.06. The second-order valence-corrected chi connectivity index (χ2v) is 5.81. The summed E-state index contributed by atoms with van der Waals surface area (Å²) in [7, 11) is 3.52. The van der Waals surface area contributed by atoms with Gasteiger partial charge in [0.05, 0.1) is 11.1 Å². The van der Waals surface area contributed by atoms with Gasteiger partial charge in [0, 0.05) is 32.4 Å². The van der Waals surface area contributed by atoms with Crippen molar-refractivity contribution >= 4 is 5.78 Å². The van der Waals surface area contributed by atoms with Crippen molar-refractivity contribution in [2.24, 2.45) is 0 Å². The Balaban J connectivity index is 2.08. The summed E-state index contributed by atoms with van der Waals surface area (Å²) in [5.41, 5.74) is -0.307. The van der Waals surface area contributed by atoms with E-state index in [9.17, 15) is 23.1 Å². The Bertz CT molecular complexity index is 814. The fourth-order valence-electron chi connectivity index (χ4n) is 2.12. The molecule has 2 aromatic carbocycles. The summed E-state index contributed by atoms with van der Waals surface area (Å²) < 4.78 is 43.5. The molecule has 138 valence electrons. The highest BCUT2D eigenvalue weighted by atomic mass is 19.4. The highest BCUT2D eigenvalue weighted by Crippen LogP contribution is 2.30. The molecule has 4 nitrogen and oxygen atoms in total. The SMILES string of the molecule is CN(C)C=CC(=O)c1ccc(OCc2cccc(C(F)(F)F)c2)cc1O. The minimum atomic E-state index is -4.42.